The second-order valence-electron chi connectivity index (χ2n) is 5.15. The number of aliphatic hydroxyl groups is 1. The zero-order valence-corrected chi connectivity index (χ0v) is 20.2. The fraction of sp³-hybridized carbons (Fsp3) is 0.375. The average molecular weight is 625 g/mol. The van der Waals surface area contributed by atoms with Crippen LogP contribution in [-0.4, -0.2) is 16.4 Å². The molecule has 3 aromatic heterocycles. The smallest absolute Gasteiger partial charge is 0.450 e. The maximum absolute atomic E-state index is 10.4. The van der Waals surface area contributed by atoms with E-state index >= 15 is 0 Å². The molecule has 0 fully saturated rings. The normalized spacial score (nSPS) is 9.58. The summed E-state index contributed by atoms with van der Waals surface area (Å²) in [6, 6.07) is 0. The molecule has 15 heteroatoms. The number of carbonyl (C=O) groups is 1. The molecule has 0 unspecified atom stereocenters. The molecule has 0 aliphatic rings. The molecule has 0 bridgehead atoms. The summed E-state index contributed by atoms with van der Waals surface area (Å²) in [5, 5.41) is 17.1. The molecule has 0 saturated carbocycles. The van der Waals surface area contributed by atoms with E-state index in [-0.39, 0.29) is 54.5 Å². The van der Waals surface area contributed by atoms with E-state index in [4.69, 9.17) is 10.2 Å². The van der Waals surface area contributed by atoms with Gasteiger partial charge in [0.1, 0.15) is 18.1 Å². The predicted octanol–water partition coefficient (Wildman–Crippen LogP) is 2.82. The summed E-state index contributed by atoms with van der Waals surface area (Å²) in [4.78, 5) is 40.9. The van der Waals surface area contributed by atoms with E-state index in [9.17, 15) is 19.2 Å². The fourth-order valence-corrected chi connectivity index (χ4v) is 2.16. The Morgan fingerprint density at radius 3 is 1.42 bits per heavy atom. The summed E-state index contributed by atoms with van der Waals surface area (Å²) in [6.45, 7) is 4.11. The molecule has 174 valence electrons. The van der Waals surface area contributed by atoms with Crippen LogP contribution >= 0.6 is 39.9 Å². The first-order valence-electron chi connectivity index (χ1n) is 7.88. The lowest BCUT2D eigenvalue weighted by molar-refractivity contribution is 0.0786. The van der Waals surface area contributed by atoms with Crippen LogP contribution in [0.3, 0.4) is 0 Å². The minimum absolute atomic E-state index is 0. The predicted molar refractivity (Wildman–Crippen MR) is 113 cm³/mol. The molecular weight excluding hydrogens is 607 g/mol. The van der Waals surface area contributed by atoms with Gasteiger partial charge in [-0.2, -0.15) is 0 Å². The van der Waals surface area contributed by atoms with Crippen LogP contribution in [0.4, 0.5) is 4.79 Å². The molecule has 0 aliphatic carbocycles. The highest BCUT2D eigenvalue weighted by Gasteiger charge is 2.10. The second-order valence-corrected chi connectivity index (χ2v) is 5.71. The van der Waals surface area contributed by atoms with E-state index < -0.39 is 23.6 Å². The standard InChI is InChI=1S/C6H6O6.C5H5BrO3.C5H6O4.HI/c1-3-4(2-10-5(7)8)12-6(9)11-3;2*1-3-4(2-6)9-5(7)8-3;/h2H2,1H3,(H,7,8);2H2,1H3;6H,2H2,1H3;1H. The van der Waals surface area contributed by atoms with Gasteiger partial charge in [-0.05, 0) is 20.8 Å². The van der Waals surface area contributed by atoms with Crippen molar-refractivity contribution in [1.82, 2.24) is 0 Å². The Bertz CT molecular complexity index is 1060. The summed E-state index contributed by atoms with van der Waals surface area (Å²) in [7, 11) is 0. The van der Waals surface area contributed by atoms with Gasteiger partial charge in [-0.15, -0.1) is 24.0 Å². The van der Waals surface area contributed by atoms with E-state index in [0.29, 0.717) is 22.6 Å². The van der Waals surface area contributed by atoms with Crippen LogP contribution in [0.15, 0.2) is 40.9 Å². The lowest BCUT2D eigenvalue weighted by Gasteiger charge is -1.94. The number of rotatable bonds is 4. The van der Waals surface area contributed by atoms with Gasteiger partial charge >= 0.3 is 23.6 Å². The van der Waals surface area contributed by atoms with Crippen LogP contribution in [0.5, 0.6) is 0 Å². The van der Waals surface area contributed by atoms with Crippen molar-refractivity contribution in [2.75, 3.05) is 0 Å². The van der Waals surface area contributed by atoms with Gasteiger partial charge in [-0.3, -0.25) is 0 Å². The highest BCUT2D eigenvalue weighted by atomic mass is 127. The number of hydrogen-bond acceptors (Lipinski definition) is 12. The molecular formula is C16H18BrIO13. The fourth-order valence-electron chi connectivity index (χ4n) is 1.65. The Kier molecular flexibility index (Phi) is 12.6. The minimum Gasteiger partial charge on any atom is -0.450 e. The van der Waals surface area contributed by atoms with Crippen molar-refractivity contribution in [3.05, 3.63) is 66.4 Å². The van der Waals surface area contributed by atoms with Crippen LogP contribution in [0.2, 0.25) is 0 Å². The molecule has 13 nitrogen and oxygen atoms in total. The van der Waals surface area contributed by atoms with Crippen molar-refractivity contribution in [2.45, 2.75) is 39.3 Å². The van der Waals surface area contributed by atoms with Crippen molar-refractivity contribution >= 4 is 46.1 Å². The van der Waals surface area contributed by atoms with E-state index in [0.717, 1.165) is 0 Å². The first-order chi connectivity index (χ1) is 14.1. The van der Waals surface area contributed by atoms with E-state index in [2.05, 4.69) is 47.2 Å². The summed E-state index contributed by atoms with van der Waals surface area (Å²) in [5.41, 5.74) is 0. The minimum atomic E-state index is -1.43. The number of hydrogen-bond donors (Lipinski definition) is 2. The first kappa shape index (κ1) is 28.5. The third-order valence-electron chi connectivity index (χ3n) is 3.10. The molecule has 0 radical (unpaired) electrons. The van der Waals surface area contributed by atoms with Gasteiger partial charge in [0.15, 0.2) is 29.6 Å². The Morgan fingerprint density at radius 2 is 1.19 bits per heavy atom. The van der Waals surface area contributed by atoms with Crippen LogP contribution in [0.1, 0.15) is 34.6 Å². The molecule has 2 N–H and O–H groups in total. The van der Waals surface area contributed by atoms with Crippen molar-refractivity contribution in [3.63, 3.8) is 0 Å². The SMILES string of the molecule is Cc1oc(=O)oc1CBr.Cc1oc(=O)oc1CO.Cc1oc(=O)oc1COC(=O)O.I. The number of ether oxygens (including phenoxy) is 1. The highest BCUT2D eigenvalue weighted by Crippen LogP contribution is 2.08. The number of aliphatic hydroxyl groups excluding tert-OH is 1. The Morgan fingerprint density at radius 1 is 0.806 bits per heavy atom. The van der Waals surface area contributed by atoms with E-state index in [1.807, 2.05) is 0 Å². The lowest BCUT2D eigenvalue weighted by atomic mass is 10.4. The first-order valence-corrected chi connectivity index (χ1v) is 9.00. The number of aryl methyl sites for hydroxylation is 3. The van der Waals surface area contributed by atoms with Gasteiger partial charge in [0, 0.05) is 0 Å². The van der Waals surface area contributed by atoms with Crippen LogP contribution in [0.25, 0.3) is 0 Å². The monoisotopic (exact) mass is 624 g/mol. The second kappa shape index (κ2) is 13.7. The van der Waals surface area contributed by atoms with Crippen molar-refractivity contribution < 1.29 is 46.2 Å². The molecule has 0 atom stereocenters. The summed E-state index contributed by atoms with van der Waals surface area (Å²) in [5.74, 6) is -0.335. The van der Waals surface area contributed by atoms with Crippen LogP contribution in [0, 0.1) is 20.8 Å². The highest BCUT2D eigenvalue weighted by molar-refractivity contribution is 14.0. The number of alkyl halides is 1. The van der Waals surface area contributed by atoms with Gasteiger partial charge in [-0.25, -0.2) is 19.2 Å². The van der Waals surface area contributed by atoms with Gasteiger partial charge < -0.3 is 41.5 Å². The van der Waals surface area contributed by atoms with Gasteiger partial charge in [-0.1, -0.05) is 15.9 Å². The Labute approximate surface area is 197 Å². The van der Waals surface area contributed by atoms with Crippen LogP contribution in [-0.2, 0) is 23.3 Å². The summed E-state index contributed by atoms with van der Waals surface area (Å²) >= 11 is 3.13. The van der Waals surface area contributed by atoms with Gasteiger partial charge in [0.25, 0.3) is 0 Å². The van der Waals surface area contributed by atoms with Gasteiger partial charge in [0.2, 0.25) is 0 Å². The van der Waals surface area contributed by atoms with Crippen molar-refractivity contribution in [1.29, 1.82) is 0 Å². The molecule has 0 aliphatic heterocycles. The third kappa shape index (κ3) is 9.88. The molecule has 3 heterocycles. The zero-order chi connectivity index (χ0) is 22.8. The molecule has 0 amide bonds. The number of carboxylic acid groups (broad SMARTS) is 1. The topological polar surface area (TPSA) is 197 Å². The van der Waals surface area contributed by atoms with Crippen molar-refractivity contribution in [3.8, 4) is 0 Å². The quantitative estimate of drug-likeness (QED) is 0.244. The zero-order valence-electron chi connectivity index (χ0n) is 16.3. The number of halogens is 2. The Balaban J connectivity index is 0.000000435. The molecule has 3 aromatic rings. The Hall–Kier alpha value is -2.53. The van der Waals surface area contributed by atoms with Crippen LogP contribution < -0.4 is 17.5 Å². The van der Waals surface area contributed by atoms with E-state index in [1.54, 1.807) is 13.8 Å². The third-order valence-corrected chi connectivity index (χ3v) is 3.61. The maximum Gasteiger partial charge on any atom is 0.519 e. The van der Waals surface area contributed by atoms with E-state index in [1.165, 1.54) is 6.92 Å². The molecule has 0 spiro atoms. The molecule has 0 saturated heterocycles. The maximum atomic E-state index is 10.4. The molecule has 31 heavy (non-hydrogen) atoms. The summed E-state index contributed by atoms with van der Waals surface area (Å²) < 4.78 is 31.0. The molecule has 0 aromatic carbocycles. The average Bonchev–Trinajstić information content (AvgIpc) is 3.29. The lowest BCUT2D eigenvalue weighted by Crippen LogP contribution is -2.00. The van der Waals surface area contributed by atoms with Crippen molar-refractivity contribution in [2.24, 2.45) is 0 Å². The van der Waals surface area contributed by atoms with Gasteiger partial charge in [0.05, 0.1) is 5.33 Å². The largest absolute Gasteiger partial charge is 0.519 e. The molecule has 3 rings (SSSR count). The summed E-state index contributed by atoms with van der Waals surface area (Å²) in [6.07, 6.45) is -1.43.